The highest BCUT2D eigenvalue weighted by atomic mass is 16.5. The number of methoxy groups -OCH3 is 1. The number of unbranched alkanes of at least 4 members (excludes halogenated alkanes) is 6. The van der Waals surface area contributed by atoms with E-state index < -0.39 is 0 Å². The molecule has 2 nitrogen and oxygen atoms in total. The summed E-state index contributed by atoms with van der Waals surface area (Å²) in [5.74, 6) is 1.18. The first-order valence-electron chi connectivity index (χ1n) is 8.02. The maximum atomic E-state index is 11.9. The zero-order valence-corrected chi connectivity index (χ0v) is 13.3. The minimum absolute atomic E-state index is 0.340. The lowest BCUT2D eigenvalue weighted by Gasteiger charge is -2.04. The van der Waals surface area contributed by atoms with Crippen LogP contribution in [0.3, 0.4) is 0 Å². The van der Waals surface area contributed by atoms with Crippen molar-refractivity contribution in [3.8, 4) is 5.75 Å². The van der Waals surface area contributed by atoms with Crippen LogP contribution < -0.4 is 4.74 Å². The fourth-order valence-electron chi connectivity index (χ4n) is 2.38. The molecule has 0 bridgehead atoms. The molecular weight excluding hydrogens is 260 g/mol. The Labute approximate surface area is 129 Å². The normalized spacial score (nSPS) is 10.3. The molecule has 0 atom stereocenters. The molecular formula is C19H28O2. The number of ketones is 1. The molecule has 0 saturated heterocycles. The van der Waals surface area contributed by atoms with Crippen molar-refractivity contribution in [2.45, 2.75) is 57.8 Å². The van der Waals surface area contributed by atoms with Crippen LogP contribution in [0.5, 0.6) is 5.75 Å². The van der Waals surface area contributed by atoms with Gasteiger partial charge in [0.05, 0.1) is 7.11 Å². The van der Waals surface area contributed by atoms with E-state index >= 15 is 0 Å². The van der Waals surface area contributed by atoms with E-state index in [0.717, 1.165) is 24.2 Å². The highest BCUT2D eigenvalue weighted by Gasteiger charge is 2.04. The van der Waals surface area contributed by atoms with Gasteiger partial charge in [-0.05, 0) is 37.0 Å². The molecule has 0 aliphatic heterocycles. The molecule has 1 aromatic carbocycles. The standard InChI is InChI=1S/C19H28O2/c1-3-4-5-6-7-8-9-10-11-18(20)16-17-12-14-19(21-2)15-13-17/h3,12-15H,1,4-11,16H2,2H3. The fraction of sp³-hybridized carbons (Fsp3) is 0.526. The minimum atomic E-state index is 0.340. The summed E-state index contributed by atoms with van der Waals surface area (Å²) in [5.41, 5.74) is 1.07. The van der Waals surface area contributed by atoms with Crippen LogP contribution in [0, 0.1) is 0 Å². The van der Waals surface area contributed by atoms with Crippen LogP contribution in [-0.2, 0) is 11.2 Å². The predicted octanol–water partition coefficient (Wildman–Crippen LogP) is 5.11. The first-order chi connectivity index (χ1) is 10.3. The summed E-state index contributed by atoms with van der Waals surface area (Å²) in [5, 5.41) is 0. The predicted molar refractivity (Wildman–Crippen MR) is 88.8 cm³/mol. The van der Waals surface area contributed by atoms with Gasteiger partial charge in [-0.3, -0.25) is 4.79 Å². The molecule has 1 rings (SSSR count). The molecule has 2 heteroatoms. The molecule has 0 fully saturated rings. The third kappa shape index (κ3) is 8.34. The summed E-state index contributed by atoms with van der Waals surface area (Å²) in [7, 11) is 1.65. The van der Waals surface area contributed by atoms with E-state index in [9.17, 15) is 4.79 Å². The Morgan fingerprint density at radius 3 is 2.29 bits per heavy atom. The maximum absolute atomic E-state index is 11.9. The van der Waals surface area contributed by atoms with Crippen molar-refractivity contribution >= 4 is 5.78 Å². The molecule has 0 radical (unpaired) electrons. The van der Waals surface area contributed by atoms with Gasteiger partial charge >= 0.3 is 0 Å². The second kappa shape index (κ2) is 11.1. The summed E-state index contributed by atoms with van der Waals surface area (Å²) in [4.78, 5) is 11.9. The fourth-order valence-corrected chi connectivity index (χ4v) is 2.38. The number of Topliss-reactive ketones (excluding diaryl/α,β-unsaturated/α-hetero) is 1. The van der Waals surface area contributed by atoms with E-state index in [2.05, 4.69) is 6.58 Å². The van der Waals surface area contributed by atoms with Gasteiger partial charge in [0.2, 0.25) is 0 Å². The lowest BCUT2D eigenvalue weighted by atomic mass is 10.0. The molecule has 1 aromatic rings. The van der Waals surface area contributed by atoms with Gasteiger partial charge in [0.25, 0.3) is 0 Å². The monoisotopic (exact) mass is 288 g/mol. The smallest absolute Gasteiger partial charge is 0.137 e. The summed E-state index contributed by atoms with van der Waals surface area (Å²) < 4.78 is 5.11. The average molecular weight is 288 g/mol. The third-order valence-electron chi connectivity index (χ3n) is 3.67. The molecule has 0 unspecified atom stereocenters. The number of hydrogen-bond acceptors (Lipinski definition) is 2. The Balaban J connectivity index is 2.06. The number of hydrogen-bond donors (Lipinski definition) is 0. The number of rotatable bonds is 12. The average Bonchev–Trinajstić information content (AvgIpc) is 2.50. The zero-order valence-electron chi connectivity index (χ0n) is 13.3. The van der Waals surface area contributed by atoms with Crippen LogP contribution in [0.25, 0.3) is 0 Å². The first kappa shape index (κ1) is 17.5. The topological polar surface area (TPSA) is 26.3 Å². The van der Waals surface area contributed by atoms with E-state index in [1.54, 1.807) is 7.11 Å². The van der Waals surface area contributed by atoms with Crippen LogP contribution in [0.2, 0.25) is 0 Å². The summed E-state index contributed by atoms with van der Waals surface area (Å²) in [6.45, 7) is 3.73. The Morgan fingerprint density at radius 1 is 1.05 bits per heavy atom. The Kier molecular flexibility index (Phi) is 9.26. The molecule has 0 amide bonds. The van der Waals surface area contributed by atoms with E-state index in [-0.39, 0.29) is 0 Å². The van der Waals surface area contributed by atoms with Gasteiger partial charge in [0.1, 0.15) is 11.5 Å². The lowest BCUT2D eigenvalue weighted by Crippen LogP contribution is -2.02. The lowest BCUT2D eigenvalue weighted by molar-refractivity contribution is -0.118. The van der Waals surface area contributed by atoms with Gasteiger partial charge in [-0.25, -0.2) is 0 Å². The van der Waals surface area contributed by atoms with Crippen molar-refractivity contribution in [1.82, 2.24) is 0 Å². The summed E-state index contributed by atoms with van der Waals surface area (Å²) >= 11 is 0. The third-order valence-corrected chi connectivity index (χ3v) is 3.67. The Morgan fingerprint density at radius 2 is 1.67 bits per heavy atom. The molecule has 0 N–H and O–H groups in total. The highest BCUT2D eigenvalue weighted by molar-refractivity contribution is 5.80. The molecule has 0 spiro atoms. The van der Waals surface area contributed by atoms with E-state index in [4.69, 9.17) is 4.74 Å². The van der Waals surface area contributed by atoms with Gasteiger partial charge in [0.15, 0.2) is 0 Å². The maximum Gasteiger partial charge on any atom is 0.137 e. The van der Waals surface area contributed by atoms with Crippen LogP contribution >= 0.6 is 0 Å². The number of ether oxygens (including phenoxy) is 1. The number of benzene rings is 1. The largest absolute Gasteiger partial charge is 0.497 e. The van der Waals surface area contributed by atoms with Crippen molar-refractivity contribution < 1.29 is 9.53 Å². The SMILES string of the molecule is C=CCCCCCCCCC(=O)Cc1ccc(OC)cc1. The van der Waals surface area contributed by atoms with Gasteiger partial charge in [-0.2, -0.15) is 0 Å². The summed E-state index contributed by atoms with van der Waals surface area (Å²) in [6.07, 6.45) is 11.6. The first-order valence-corrected chi connectivity index (χ1v) is 8.02. The molecule has 0 aliphatic rings. The van der Waals surface area contributed by atoms with E-state index in [1.165, 1.54) is 32.1 Å². The summed E-state index contributed by atoms with van der Waals surface area (Å²) in [6, 6.07) is 7.75. The van der Waals surface area contributed by atoms with Crippen molar-refractivity contribution in [2.24, 2.45) is 0 Å². The van der Waals surface area contributed by atoms with E-state index in [0.29, 0.717) is 18.6 Å². The van der Waals surface area contributed by atoms with Gasteiger partial charge in [-0.15, -0.1) is 6.58 Å². The van der Waals surface area contributed by atoms with E-state index in [1.807, 2.05) is 30.3 Å². The van der Waals surface area contributed by atoms with Crippen LogP contribution in [-0.4, -0.2) is 12.9 Å². The molecule has 0 aromatic heterocycles. The highest BCUT2D eigenvalue weighted by Crippen LogP contribution is 2.13. The number of carbonyl (C=O) groups excluding carboxylic acids is 1. The minimum Gasteiger partial charge on any atom is -0.497 e. The molecule has 116 valence electrons. The zero-order chi connectivity index (χ0) is 15.3. The van der Waals surface area contributed by atoms with Gasteiger partial charge in [-0.1, -0.05) is 43.9 Å². The van der Waals surface area contributed by atoms with Crippen molar-refractivity contribution in [3.63, 3.8) is 0 Å². The molecule has 0 saturated carbocycles. The van der Waals surface area contributed by atoms with Crippen LogP contribution in [0.15, 0.2) is 36.9 Å². The van der Waals surface area contributed by atoms with Crippen molar-refractivity contribution in [1.29, 1.82) is 0 Å². The van der Waals surface area contributed by atoms with Gasteiger partial charge in [0, 0.05) is 12.8 Å². The van der Waals surface area contributed by atoms with Crippen molar-refractivity contribution in [2.75, 3.05) is 7.11 Å². The van der Waals surface area contributed by atoms with Crippen molar-refractivity contribution in [3.05, 3.63) is 42.5 Å². The van der Waals surface area contributed by atoms with Crippen LogP contribution in [0.4, 0.5) is 0 Å². The molecule has 21 heavy (non-hydrogen) atoms. The molecule has 0 heterocycles. The Hall–Kier alpha value is -1.57. The number of carbonyl (C=O) groups is 1. The number of allylic oxidation sites excluding steroid dienone is 1. The second-order valence-corrected chi connectivity index (χ2v) is 5.51. The molecule has 0 aliphatic carbocycles. The Bertz CT molecular complexity index is 406. The second-order valence-electron chi connectivity index (χ2n) is 5.51. The quantitative estimate of drug-likeness (QED) is 0.394. The van der Waals surface area contributed by atoms with Crippen LogP contribution in [0.1, 0.15) is 56.9 Å². The van der Waals surface area contributed by atoms with Gasteiger partial charge < -0.3 is 4.74 Å².